The van der Waals surface area contributed by atoms with Gasteiger partial charge in [-0.3, -0.25) is 24.2 Å². The van der Waals surface area contributed by atoms with Crippen LogP contribution in [0.2, 0.25) is 10.0 Å². The number of hydrogen-bond donors (Lipinski definition) is 1. The highest BCUT2D eigenvalue weighted by atomic mass is 35.5. The van der Waals surface area contributed by atoms with Gasteiger partial charge in [0.25, 0.3) is 11.8 Å². The maximum Gasteiger partial charge on any atom is 0.267 e. The standard InChI is InChI=1S/C26H17Cl2N3O3S2/c27-16-7-5-8-17(12-16)29-21(32)14-30-20-11-4-2-9-18(20)22(24(30)33)23-25(34)31(26(35)36-23)13-15-6-1-3-10-19(15)28/h1-12H,13-14H2,(H,29,32)/b23-22+. The number of halogens is 2. The average Bonchev–Trinajstić information content (AvgIpc) is 3.27. The number of fused-ring (bicyclic) bond motifs is 1. The summed E-state index contributed by atoms with van der Waals surface area (Å²) in [7, 11) is 0. The summed E-state index contributed by atoms with van der Waals surface area (Å²) in [6.45, 7) is -0.0332. The molecular weight excluding hydrogens is 537 g/mol. The van der Waals surface area contributed by atoms with Gasteiger partial charge in [0, 0.05) is 21.3 Å². The minimum atomic E-state index is -0.435. The average molecular weight is 554 g/mol. The molecule has 3 aromatic carbocycles. The van der Waals surface area contributed by atoms with E-state index in [2.05, 4.69) is 5.32 Å². The Bertz CT molecular complexity index is 1470. The topological polar surface area (TPSA) is 69.7 Å². The van der Waals surface area contributed by atoms with Crippen LogP contribution >= 0.6 is 47.2 Å². The first kappa shape index (κ1) is 24.5. The van der Waals surface area contributed by atoms with E-state index in [9.17, 15) is 14.4 Å². The molecule has 3 amide bonds. The second-order valence-corrected chi connectivity index (χ2v) is 10.5. The second-order valence-electron chi connectivity index (χ2n) is 8.02. The van der Waals surface area contributed by atoms with E-state index in [1.807, 2.05) is 18.2 Å². The van der Waals surface area contributed by atoms with E-state index in [0.717, 1.165) is 17.3 Å². The molecule has 2 aliphatic heterocycles. The molecule has 2 aliphatic rings. The lowest BCUT2D eigenvalue weighted by Crippen LogP contribution is -2.35. The SMILES string of the molecule is O=C(CN1C(=O)/C(=C2/SC(=S)N(Cc3ccccc3Cl)C2=O)c2ccccc21)Nc1cccc(Cl)c1. The monoisotopic (exact) mass is 553 g/mol. The summed E-state index contributed by atoms with van der Waals surface area (Å²) in [6.07, 6.45) is 0. The van der Waals surface area contributed by atoms with Crippen LogP contribution in [0.15, 0.2) is 77.7 Å². The number of amides is 3. The number of para-hydroxylation sites is 1. The van der Waals surface area contributed by atoms with Gasteiger partial charge in [-0.15, -0.1) is 0 Å². The van der Waals surface area contributed by atoms with Gasteiger partial charge in [-0.25, -0.2) is 0 Å². The van der Waals surface area contributed by atoms with Crippen LogP contribution in [0, 0.1) is 0 Å². The second kappa shape index (κ2) is 10.1. The Morgan fingerprint density at radius 1 is 0.917 bits per heavy atom. The van der Waals surface area contributed by atoms with E-state index >= 15 is 0 Å². The minimum Gasteiger partial charge on any atom is -0.324 e. The third kappa shape index (κ3) is 4.65. The van der Waals surface area contributed by atoms with Gasteiger partial charge in [-0.1, -0.05) is 89.6 Å². The van der Waals surface area contributed by atoms with Gasteiger partial charge >= 0.3 is 0 Å². The molecular formula is C26H17Cl2N3O3S2. The highest BCUT2D eigenvalue weighted by molar-refractivity contribution is 8.26. The molecule has 0 unspecified atom stereocenters. The third-order valence-corrected chi connectivity index (χ3v) is 7.75. The largest absolute Gasteiger partial charge is 0.324 e. The maximum absolute atomic E-state index is 13.6. The summed E-state index contributed by atoms with van der Waals surface area (Å²) >= 11 is 18.8. The number of thiocarbonyl (C=S) groups is 1. The van der Waals surface area contributed by atoms with Crippen molar-refractivity contribution in [1.82, 2.24) is 4.90 Å². The van der Waals surface area contributed by atoms with Crippen molar-refractivity contribution in [3.63, 3.8) is 0 Å². The van der Waals surface area contributed by atoms with Crippen LogP contribution in [0.4, 0.5) is 11.4 Å². The van der Waals surface area contributed by atoms with E-state index in [4.69, 9.17) is 35.4 Å². The quantitative estimate of drug-likeness (QED) is 0.321. The Labute approximate surface area is 226 Å². The lowest BCUT2D eigenvalue weighted by molar-refractivity contribution is -0.122. The van der Waals surface area contributed by atoms with E-state index < -0.39 is 11.8 Å². The van der Waals surface area contributed by atoms with Crippen molar-refractivity contribution in [3.05, 3.63) is 98.9 Å². The molecule has 6 nitrogen and oxygen atoms in total. The zero-order valence-electron chi connectivity index (χ0n) is 18.5. The molecule has 10 heteroatoms. The van der Waals surface area contributed by atoms with Gasteiger partial charge in [-0.2, -0.15) is 0 Å². The number of hydrogen-bond acceptors (Lipinski definition) is 5. The van der Waals surface area contributed by atoms with Crippen molar-refractivity contribution < 1.29 is 14.4 Å². The molecule has 0 aliphatic carbocycles. The molecule has 0 aromatic heterocycles. The highest BCUT2D eigenvalue weighted by Gasteiger charge is 2.42. The molecule has 2 heterocycles. The van der Waals surface area contributed by atoms with Crippen LogP contribution in [0.3, 0.4) is 0 Å². The Kier molecular flexibility index (Phi) is 6.85. The number of anilines is 2. The lowest BCUT2D eigenvalue weighted by atomic mass is 10.1. The van der Waals surface area contributed by atoms with Gasteiger partial charge in [-0.05, 0) is 35.9 Å². The van der Waals surface area contributed by atoms with Gasteiger partial charge in [0.05, 0.1) is 22.7 Å². The summed E-state index contributed by atoms with van der Waals surface area (Å²) in [5.41, 5.74) is 2.64. The Balaban J connectivity index is 1.44. The molecule has 0 saturated carbocycles. The molecule has 0 bridgehead atoms. The number of thioether (sulfide) groups is 1. The first-order valence-corrected chi connectivity index (χ1v) is 12.8. The predicted octanol–water partition coefficient (Wildman–Crippen LogP) is 5.75. The van der Waals surface area contributed by atoms with Crippen LogP contribution < -0.4 is 10.2 Å². The molecule has 0 atom stereocenters. The van der Waals surface area contributed by atoms with Crippen molar-refractivity contribution in [2.24, 2.45) is 0 Å². The number of rotatable bonds is 5. The number of nitrogens with one attached hydrogen (secondary N) is 1. The molecule has 180 valence electrons. The molecule has 36 heavy (non-hydrogen) atoms. The fourth-order valence-corrected chi connectivity index (χ4v) is 5.76. The fraction of sp³-hybridized carbons (Fsp3) is 0.0769. The summed E-state index contributed by atoms with van der Waals surface area (Å²) < 4.78 is 0.338. The van der Waals surface area contributed by atoms with E-state index in [1.54, 1.807) is 54.6 Å². The fourth-order valence-electron chi connectivity index (χ4n) is 4.05. The van der Waals surface area contributed by atoms with Gasteiger partial charge in [0.15, 0.2) is 0 Å². The lowest BCUT2D eigenvalue weighted by Gasteiger charge is -2.17. The van der Waals surface area contributed by atoms with Gasteiger partial charge < -0.3 is 5.32 Å². The summed E-state index contributed by atoms with van der Waals surface area (Å²) in [6, 6.07) is 21.0. The molecule has 5 rings (SSSR count). The smallest absolute Gasteiger partial charge is 0.267 e. The first-order chi connectivity index (χ1) is 17.3. The first-order valence-electron chi connectivity index (χ1n) is 10.8. The number of carbonyl (C=O) groups is 3. The van der Waals surface area contributed by atoms with Crippen molar-refractivity contribution in [1.29, 1.82) is 0 Å². The van der Waals surface area contributed by atoms with E-state index in [0.29, 0.717) is 31.3 Å². The summed E-state index contributed by atoms with van der Waals surface area (Å²) in [4.78, 5) is 42.8. The highest BCUT2D eigenvalue weighted by Crippen LogP contribution is 2.45. The van der Waals surface area contributed by atoms with Crippen LogP contribution in [-0.4, -0.2) is 33.5 Å². The Hall–Kier alpha value is -3.17. The normalized spacial score (nSPS) is 17.1. The van der Waals surface area contributed by atoms with Gasteiger partial charge in [0.1, 0.15) is 10.9 Å². The molecule has 1 N–H and O–H groups in total. The summed E-state index contributed by atoms with van der Waals surface area (Å²) in [5, 5.41) is 3.76. The predicted molar refractivity (Wildman–Crippen MR) is 148 cm³/mol. The van der Waals surface area contributed by atoms with Crippen molar-refractivity contribution in [2.75, 3.05) is 16.8 Å². The van der Waals surface area contributed by atoms with Crippen molar-refractivity contribution in [2.45, 2.75) is 6.54 Å². The van der Waals surface area contributed by atoms with Crippen molar-refractivity contribution in [3.8, 4) is 0 Å². The molecule has 1 fully saturated rings. The van der Waals surface area contributed by atoms with Crippen LogP contribution in [0.5, 0.6) is 0 Å². The summed E-state index contributed by atoms with van der Waals surface area (Å²) in [5.74, 6) is -1.20. The van der Waals surface area contributed by atoms with Gasteiger partial charge in [0.2, 0.25) is 5.91 Å². The van der Waals surface area contributed by atoms with Crippen LogP contribution in [-0.2, 0) is 20.9 Å². The third-order valence-electron chi connectivity index (χ3n) is 5.70. The minimum absolute atomic E-state index is 0.197. The molecule has 0 radical (unpaired) electrons. The maximum atomic E-state index is 13.6. The molecule has 3 aromatic rings. The Morgan fingerprint density at radius 3 is 2.44 bits per heavy atom. The van der Waals surface area contributed by atoms with E-state index in [-0.39, 0.29) is 29.5 Å². The number of nitrogens with zero attached hydrogens (tertiary/aromatic N) is 2. The number of benzene rings is 3. The van der Waals surface area contributed by atoms with Crippen molar-refractivity contribution >= 4 is 86.2 Å². The number of carbonyl (C=O) groups excluding carboxylic acids is 3. The van der Waals surface area contributed by atoms with Crippen LogP contribution in [0.1, 0.15) is 11.1 Å². The van der Waals surface area contributed by atoms with Crippen LogP contribution in [0.25, 0.3) is 5.57 Å². The zero-order valence-corrected chi connectivity index (χ0v) is 21.7. The zero-order chi connectivity index (χ0) is 25.4. The van der Waals surface area contributed by atoms with E-state index in [1.165, 1.54) is 9.80 Å². The molecule has 0 spiro atoms. The molecule has 1 saturated heterocycles. The Morgan fingerprint density at radius 2 is 1.67 bits per heavy atom.